The summed E-state index contributed by atoms with van der Waals surface area (Å²) in [7, 11) is 0. The van der Waals surface area contributed by atoms with Crippen molar-refractivity contribution >= 4 is 75.5 Å². The Balaban J connectivity index is -0.000000369. The maximum absolute atomic E-state index is 12.4. The van der Waals surface area contributed by atoms with E-state index in [2.05, 4.69) is 63.7 Å². The zero-order valence-corrected chi connectivity index (χ0v) is 34.7. The third-order valence-corrected chi connectivity index (χ3v) is 7.58. The molecule has 0 amide bonds. The number of carboxylic acid groups (broad SMARTS) is 1. The zero-order chi connectivity index (χ0) is 23.7. The van der Waals surface area contributed by atoms with E-state index < -0.39 is 17.8 Å². The summed E-state index contributed by atoms with van der Waals surface area (Å²) in [5, 5.41) is 31.1. The van der Waals surface area contributed by atoms with Crippen molar-refractivity contribution in [2.45, 2.75) is 5.92 Å². The number of rotatable bonds is 2. The molecule has 1 N–H and O–H groups in total. The van der Waals surface area contributed by atoms with Gasteiger partial charge in [0.05, 0.1) is 14.9 Å². The van der Waals surface area contributed by atoms with Gasteiger partial charge in [-0.25, -0.2) is 0 Å². The van der Waals surface area contributed by atoms with Gasteiger partial charge in [0, 0.05) is 23.0 Å². The van der Waals surface area contributed by atoms with Gasteiger partial charge in [0.25, 0.3) is 0 Å². The van der Waals surface area contributed by atoms with E-state index in [1.807, 2.05) is 0 Å². The van der Waals surface area contributed by atoms with Crippen LogP contribution in [0.15, 0.2) is 65.4 Å². The number of nitrogens with zero attached hydrogens (tertiary/aromatic N) is 1. The van der Waals surface area contributed by atoms with Gasteiger partial charge in [0.15, 0.2) is 0 Å². The number of halogens is 6. The molecule has 0 spiro atoms. The van der Waals surface area contributed by atoms with Crippen LogP contribution in [-0.4, -0.2) is 16.9 Å². The second kappa shape index (κ2) is 21.9. The molecular formula is C22H15Br4Cl2NNa2O7Pt. The first-order chi connectivity index (χ1) is 15.1. The summed E-state index contributed by atoms with van der Waals surface area (Å²) >= 11 is 13.3. The predicted octanol–water partition coefficient (Wildman–Crippen LogP) is -5.95. The number of ether oxygens (including phenoxy) is 1. The molecule has 8 nitrogen and oxygen atoms in total. The van der Waals surface area contributed by atoms with Crippen LogP contribution >= 0.6 is 63.7 Å². The first kappa shape index (κ1) is 49.9. The monoisotopic (exact) mass is 1030 g/mol. The number of phenolic OH excluding ortho intramolecular Hbond substituents is 1. The van der Waals surface area contributed by atoms with Crippen LogP contribution in [0.25, 0.3) is 0 Å². The number of carbonyl (C=O) groups excluding carboxylic acids is 2. The van der Waals surface area contributed by atoms with E-state index in [1.54, 1.807) is 30.3 Å². The number of aromatic hydroxyl groups is 1. The molecule has 2 aromatic carbocycles. The molecule has 2 aliphatic rings. The summed E-state index contributed by atoms with van der Waals surface area (Å²) < 4.78 is 7.33. The maximum Gasteiger partial charge on any atom is 4.00 e. The average molecular weight is 1040 g/mol. The summed E-state index contributed by atoms with van der Waals surface area (Å²) in [5.74, 6) is -1.98. The standard InChI is InChI=1S/C20H10Br4O5.2CH3.2ClH.HNO2.2Na.Pt/c21-11-5-9-13(7-3-1-2-4-8(7)20(27)28)10-6-12(22)17(26)15(24)19(10)29-18(9)14(23)16(11)25;;;;;2-1-3;;;/h1-6,9,13,26H,(H,27,28);2*1H3;2*1H;(H,2,3);;;/q;2*-1;;;;2*+1;+4/p-4. The van der Waals surface area contributed by atoms with Gasteiger partial charge < -0.3 is 69.5 Å². The molecule has 2 atom stereocenters. The number of benzene rings is 2. The molecule has 0 fully saturated rings. The maximum atomic E-state index is 12.4. The van der Waals surface area contributed by atoms with E-state index in [0.717, 1.165) is 5.34 Å². The van der Waals surface area contributed by atoms with Crippen molar-refractivity contribution in [2.24, 2.45) is 11.3 Å². The summed E-state index contributed by atoms with van der Waals surface area (Å²) in [5.41, 5.74) is 1.20. The van der Waals surface area contributed by atoms with Crippen LogP contribution in [0.5, 0.6) is 11.5 Å². The molecule has 0 saturated heterocycles. The van der Waals surface area contributed by atoms with Crippen molar-refractivity contribution < 1.29 is 130 Å². The fraction of sp³-hybridized carbons (Fsp3) is 0.0909. The Morgan fingerprint density at radius 2 is 1.54 bits per heavy atom. The number of aromatic carboxylic acids is 1. The normalized spacial score (nSPS) is 15.6. The van der Waals surface area contributed by atoms with Crippen molar-refractivity contribution in [3.63, 3.8) is 0 Å². The van der Waals surface area contributed by atoms with E-state index in [-0.39, 0.29) is 141 Å². The number of fused-ring (bicyclic) bond motifs is 2. The minimum atomic E-state index is -1.30. The molecule has 0 saturated carbocycles. The summed E-state index contributed by atoms with van der Waals surface area (Å²) in [6.07, 6.45) is 1.71. The van der Waals surface area contributed by atoms with Crippen LogP contribution < -0.4 is 93.8 Å². The molecular weight excluding hydrogens is 1020 g/mol. The minimum absolute atomic E-state index is 0. The van der Waals surface area contributed by atoms with Crippen molar-refractivity contribution in [3.05, 3.63) is 102 Å². The molecule has 204 valence electrons. The van der Waals surface area contributed by atoms with Crippen molar-refractivity contribution in [3.8, 4) is 11.5 Å². The summed E-state index contributed by atoms with van der Waals surface area (Å²) in [4.78, 5) is 32.2. The number of allylic oxidation sites excluding steroid dienone is 3. The van der Waals surface area contributed by atoms with Gasteiger partial charge in [0.2, 0.25) is 5.78 Å². The smallest absolute Gasteiger partial charge is 1.00 e. The zero-order valence-electron chi connectivity index (χ0n) is 20.5. The number of hydrogen-bond acceptors (Lipinski definition) is 8. The van der Waals surface area contributed by atoms with Gasteiger partial charge in [-0.2, -0.15) is 0 Å². The van der Waals surface area contributed by atoms with Gasteiger partial charge in [0.1, 0.15) is 26.2 Å². The van der Waals surface area contributed by atoms with Gasteiger partial charge in [-0.3, -0.25) is 4.79 Å². The van der Waals surface area contributed by atoms with Crippen LogP contribution in [0.4, 0.5) is 0 Å². The van der Waals surface area contributed by atoms with Crippen molar-refractivity contribution in [2.75, 3.05) is 0 Å². The predicted molar refractivity (Wildman–Crippen MR) is 140 cm³/mol. The Bertz CT molecular complexity index is 1240. The SMILES string of the molecule is O=C1C(Br)=CC2C(=C1Br)Oc1c(cc(Br)c(O)c1Br)C2c1ccccc1C(=O)[O-].O=N[O-].[CH3-].[CH3-].[Cl-].[Cl-].[Na+].[Na+].[Pt+4]. The fourth-order valence-electron chi connectivity index (χ4n) is 3.60. The molecule has 1 aliphatic carbocycles. The van der Waals surface area contributed by atoms with E-state index in [4.69, 9.17) is 14.9 Å². The van der Waals surface area contributed by atoms with E-state index in [1.165, 1.54) is 6.07 Å². The molecule has 2 aromatic rings. The number of phenols is 1. The Kier molecular flexibility index (Phi) is 28.0. The van der Waals surface area contributed by atoms with Gasteiger partial charge in [-0.1, -0.05) is 30.3 Å². The Labute approximate surface area is 330 Å². The fourth-order valence-corrected chi connectivity index (χ4v) is 6.14. The topological polar surface area (TPSA) is 139 Å². The average Bonchev–Trinajstić information content (AvgIpc) is 2.76. The Hall–Kier alpha value is 1.25. The minimum Gasteiger partial charge on any atom is -1.00 e. The van der Waals surface area contributed by atoms with E-state index in [9.17, 15) is 19.8 Å². The Morgan fingerprint density at radius 3 is 2.05 bits per heavy atom. The van der Waals surface area contributed by atoms with Gasteiger partial charge >= 0.3 is 80.2 Å². The van der Waals surface area contributed by atoms with Crippen LogP contribution in [-0.2, 0) is 25.9 Å². The number of hydrogen-bond donors (Lipinski definition) is 1. The summed E-state index contributed by atoms with van der Waals surface area (Å²) in [6, 6.07) is 8.25. The largest absolute Gasteiger partial charge is 4.00 e. The van der Waals surface area contributed by atoms with Gasteiger partial charge in [-0.15, -0.1) is 5.34 Å². The molecule has 17 heteroatoms. The second-order valence-electron chi connectivity index (χ2n) is 6.52. The third-order valence-electron chi connectivity index (χ3n) is 4.86. The molecule has 0 aromatic heterocycles. The van der Waals surface area contributed by atoms with Crippen LogP contribution in [0.3, 0.4) is 0 Å². The molecule has 39 heavy (non-hydrogen) atoms. The third kappa shape index (κ3) is 10.4. The van der Waals surface area contributed by atoms with E-state index in [0.29, 0.717) is 36.1 Å². The molecule has 0 radical (unpaired) electrons. The molecule has 4 rings (SSSR count). The van der Waals surface area contributed by atoms with Crippen molar-refractivity contribution in [1.82, 2.24) is 0 Å². The first-order valence-electron chi connectivity index (χ1n) is 8.59. The second-order valence-corrected chi connectivity index (χ2v) is 9.81. The molecule has 0 bridgehead atoms. The van der Waals surface area contributed by atoms with E-state index >= 15 is 0 Å². The van der Waals surface area contributed by atoms with Crippen LogP contribution in [0.1, 0.15) is 27.4 Å². The number of carbonyl (C=O) groups is 2. The number of carboxylic acids is 1. The first-order valence-corrected chi connectivity index (χ1v) is 11.8. The van der Waals surface area contributed by atoms with Gasteiger partial charge in [-0.05, 0) is 75.3 Å². The molecule has 1 aliphatic heterocycles. The van der Waals surface area contributed by atoms with Crippen molar-refractivity contribution in [1.29, 1.82) is 0 Å². The summed E-state index contributed by atoms with van der Waals surface area (Å²) in [6.45, 7) is 0. The van der Waals surface area contributed by atoms with Crippen LogP contribution in [0, 0.1) is 30.9 Å². The number of ketones is 1. The molecule has 2 unspecified atom stereocenters. The Morgan fingerprint density at radius 1 is 1.03 bits per heavy atom. The molecule has 1 heterocycles. The number of Topliss-reactive ketones (excluding diaryl/α,β-unsaturated/α-hetero) is 1. The quantitative estimate of drug-likeness (QED) is 0.137. The van der Waals surface area contributed by atoms with Crippen LogP contribution in [0.2, 0.25) is 0 Å².